The summed E-state index contributed by atoms with van der Waals surface area (Å²) in [5.74, 6) is 2.08. The first kappa shape index (κ1) is 12.4. The van der Waals surface area contributed by atoms with E-state index in [-0.39, 0.29) is 0 Å². The molecule has 0 aliphatic heterocycles. The number of rotatable bonds is 5. The van der Waals surface area contributed by atoms with Crippen LogP contribution in [0.1, 0.15) is 24.3 Å². The predicted octanol–water partition coefficient (Wildman–Crippen LogP) is 3.74. The molecule has 1 unspecified atom stereocenters. The Hall–Kier alpha value is -1.61. The largest absolute Gasteiger partial charge is 0.368 e. The smallest absolute Gasteiger partial charge is 0.149 e. The van der Waals surface area contributed by atoms with Crippen LogP contribution in [0.25, 0.3) is 0 Å². The molecule has 0 spiro atoms. The van der Waals surface area contributed by atoms with Crippen molar-refractivity contribution < 1.29 is 0 Å². The zero-order valence-electron chi connectivity index (χ0n) is 10.6. The maximum atomic E-state index is 5.84. The highest BCUT2D eigenvalue weighted by Gasteiger charge is 2.31. The summed E-state index contributed by atoms with van der Waals surface area (Å²) in [6.45, 7) is 0.879. The van der Waals surface area contributed by atoms with Gasteiger partial charge in [0, 0.05) is 12.5 Å². The number of benzene rings is 1. The molecule has 0 bridgehead atoms. The van der Waals surface area contributed by atoms with Crippen LogP contribution in [0.2, 0.25) is 5.15 Å². The molecule has 1 saturated carbocycles. The highest BCUT2D eigenvalue weighted by molar-refractivity contribution is 6.29. The zero-order valence-corrected chi connectivity index (χ0v) is 11.3. The minimum Gasteiger partial charge on any atom is -0.368 e. The third-order valence-corrected chi connectivity index (χ3v) is 3.71. The molecule has 98 valence electrons. The second-order valence-corrected chi connectivity index (χ2v) is 5.35. The fourth-order valence-corrected chi connectivity index (χ4v) is 2.54. The van der Waals surface area contributed by atoms with Gasteiger partial charge in [0.05, 0.1) is 12.4 Å². The van der Waals surface area contributed by atoms with Crippen molar-refractivity contribution in [2.45, 2.75) is 18.8 Å². The van der Waals surface area contributed by atoms with E-state index in [9.17, 15) is 0 Å². The average molecular weight is 274 g/mol. The van der Waals surface area contributed by atoms with Crippen molar-refractivity contribution in [3.05, 3.63) is 53.4 Å². The Morgan fingerprint density at radius 2 is 2.00 bits per heavy atom. The number of anilines is 1. The molecule has 1 aromatic heterocycles. The van der Waals surface area contributed by atoms with E-state index < -0.39 is 0 Å². The lowest BCUT2D eigenvalue weighted by molar-refractivity contribution is 0.632. The molecule has 3 nitrogen and oxygen atoms in total. The van der Waals surface area contributed by atoms with Gasteiger partial charge < -0.3 is 5.32 Å². The molecule has 1 N–H and O–H groups in total. The molecular weight excluding hydrogens is 258 g/mol. The molecule has 0 radical (unpaired) electrons. The lowest BCUT2D eigenvalue weighted by Gasteiger charge is -2.17. The Balaban J connectivity index is 1.69. The van der Waals surface area contributed by atoms with Crippen LogP contribution in [0.4, 0.5) is 5.82 Å². The van der Waals surface area contributed by atoms with Gasteiger partial charge >= 0.3 is 0 Å². The molecule has 19 heavy (non-hydrogen) atoms. The minimum absolute atomic E-state index is 0.424. The number of nitrogens with one attached hydrogen (secondary N) is 1. The SMILES string of the molecule is Clc1cncc(NCC(c2ccccc2)C2CC2)n1. The third-order valence-electron chi connectivity index (χ3n) is 3.53. The summed E-state index contributed by atoms with van der Waals surface area (Å²) >= 11 is 5.84. The summed E-state index contributed by atoms with van der Waals surface area (Å²) < 4.78 is 0. The van der Waals surface area contributed by atoms with Crippen molar-refractivity contribution >= 4 is 17.4 Å². The van der Waals surface area contributed by atoms with Crippen molar-refractivity contribution in [3.8, 4) is 0 Å². The van der Waals surface area contributed by atoms with Crippen molar-refractivity contribution in [1.29, 1.82) is 0 Å². The first-order valence-electron chi connectivity index (χ1n) is 6.59. The normalized spacial score (nSPS) is 16.1. The van der Waals surface area contributed by atoms with Gasteiger partial charge in [-0.15, -0.1) is 0 Å². The summed E-state index contributed by atoms with van der Waals surface area (Å²) in [6.07, 6.45) is 5.90. The van der Waals surface area contributed by atoms with Crippen molar-refractivity contribution in [1.82, 2.24) is 9.97 Å². The Kier molecular flexibility index (Phi) is 3.65. The molecule has 1 heterocycles. The Bertz CT molecular complexity index is 540. The Morgan fingerprint density at radius 3 is 2.68 bits per heavy atom. The molecule has 1 aliphatic rings. The van der Waals surface area contributed by atoms with E-state index in [2.05, 4.69) is 45.6 Å². The van der Waals surface area contributed by atoms with E-state index in [0.717, 1.165) is 18.3 Å². The molecule has 1 aromatic carbocycles. The topological polar surface area (TPSA) is 37.8 Å². The van der Waals surface area contributed by atoms with Crippen LogP contribution in [0.3, 0.4) is 0 Å². The third kappa shape index (κ3) is 3.24. The van der Waals surface area contributed by atoms with E-state index in [1.54, 1.807) is 12.4 Å². The first-order valence-corrected chi connectivity index (χ1v) is 6.97. The van der Waals surface area contributed by atoms with Crippen molar-refractivity contribution in [3.63, 3.8) is 0 Å². The van der Waals surface area contributed by atoms with Gasteiger partial charge in [0.25, 0.3) is 0 Å². The fourth-order valence-electron chi connectivity index (χ4n) is 2.40. The maximum Gasteiger partial charge on any atom is 0.149 e. The van der Waals surface area contributed by atoms with Gasteiger partial charge in [0.15, 0.2) is 0 Å². The van der Waals surface area contributed by atoms with Crippen LogP contribution < -0.4 is 5.32 Å². The molecule has 1 aliphatic carbocycles. The van der Waals surface area contributed by atoms with Gasteiger partial charge in [0.2, 0.25) is 0 Å². The predicted molar refractivity (Wildman–Crippen MR) is 77.4 cm³/mol. The highest BCUT2D eigenvalue weighted by atomic mass is 35.5. The van der Waals surface area contributed by atoms with Crippen LogP contribution >= 0.6 is 11.6 Å². The van der Waals surface area contributed by atoms with Gasteiger partial charge in [-0.2, -0.15) is 0 Å². The Labute approximate surface area is 118 Å². The van der Waals surface area contributed by atoms with Gasteiger partial charge in [0.1, 0.15) is 11.0 Å². The van der Waals surface area contributed by atoms with Crippen molar-refractivity contribution in [2.24, 2.45) is 5.92 Å². The van der Waals surface area contributed by atoms with Gasteiger partial charge in [-0.3, -0.25) is 4.98 Å². The van der Waals surface area contributed by atoms with Crippen LogP contribution in [0.15, 0.2) is 42.7 Å². The summed E-state index contributed by atoms with van der Waals surface area (Å²) in [5, 5.41) is 3.77. The molecular formula is C15H16ClN3. The molecule has 2 aromatic rings. The standard InChI is InChI=1S/C15H16ClN3/c16-14-9-17-10-15(19-14)18-8-13(12-6-7-12)11-4-2-1-3-5-11/h1-5,9-10,12-13H,6-8H2,(H,18,19). The second-order valence-electron chi connectivity index (χ2n) is 4.96. The second kappa shape index (κ2) is 5.57. The summed E-state index contributed by atoms with van der Waals surface area (Å²) in [7, 11) is 0. The lowest BCUT2D eigenvalue weighted by Crippen LogP contribution is -2.15. The first-order chi connectivity index (χ1) is 9.33. The number of halogens is 1. The van der Waals surface area contributed by atoms with Gasteiger partial charge in [-0.1, -0.05) is 41.9 Å². The van der Waals surface area contributed by atoms with Crippen LogP contribution in [-0.4, -0.2) is 16.5 Å². The highest BCUT2D eigenvalue weighted by Crippen LogP contribution is 2.42. The van der Waals surface area contributed by atoms with Gasteiger partial charge in [-0.25, -0.2) is 4.98 Å². The number of nitrogens with zero attached hydrogens (tertiary/aromatic N) is 2. The van der Waals surface area contributed by atoms with E-state index in [1.165, 1.54) is 18.4 Å². The average Bonchev–Trinajstić information content (AvgIpc) is 3.25. The fraction of sp³-hybridized carbons (Fsp3) is 0.333. The molecule has 4 heteroatoms. The quantitative estimate of drug-likeness (QED) is 0.902. The van der Waals surface area contributed by atoms with E-state index >= 15 is 0 Å². The lowest BCUT2D eigenvalue weighted by atomic mass is 9.94. The molecule has 1 atom stereocenters. The number of aromatic nitrogens is 2. The summed E-state index contributed by atoms with van der Waals surface area (Å²) in [4.78, 5) is 8.25. The Morgan fingerprint density at radius 1 is 1.21 bits per heavy atom. The number of hydrogen-bond acceptors (Lipinski definition) is 3. The van der Waals surface area contributed by atoms with Crippen LogP contribution in [-0.2, 0) is 0 Å². The zero-order chi connectivity index (χ0) is 13.1. The van der Waals surface area contributed by atoms with E-state index in [4.69, 9.17) is 11.6 Å². The monoisotopic (exact) mass is 273 g/mol. The maximum absolute atomic E-state index is 5.84. The molecule has 0 saturated heterocycles. The van der Waals surface area contributed by atoms with E-state index in [0.29, 0.717) is 11.1 Å². The molecule has 1 fully saturated rings. The number of hydrogen-bond donors (Lipinski definition) is 1. The molecule has 0 amide bonds. The minimum atomic E-state index is 0.424. The summed E-state index contributed by atoms with van der Waals surface area (Å²) in [6, 6.07) is 10.7. The van der Waals surface area contributed by atoms with Crippen LogP contribution in [0.5, 0.6) is 0 Å². The van der Waals surface area contributed by atoms with Crippen molar-refractivity contribution in [2.75, 3.05) is 11.9 Å². The molecule has 3 rings (SSSR count). The van der Waals surface area contributed by atoms with Gasteiger partial charge in [-0.05, 0) is 24.3 Å². The van der Waals surface area contributed by atoms with E-state index in [1.807, 2.05) is 0 Å². The van der Waals surface area contributed by atoms with Crippen LogP contribution in [0, 0.1) is 5.92 Å². The summed E-state index contributed by atoms with van der Waals surface area (Å²) in [5.41, 5.74) is 1.40.